The van der Waals surface area contributed by atoms with Crippen LogP contribution in [-0.2, 0) is 0 Å². The summed E-state index contributed by atoms with van der Waals surface area (Å²) >= 11 is 3.65. The topological polar surface area (TPSA) is 19.4 Å². The first-order chi connectivity index (χ1) is 8.75. The van der Waals surface area contributed by atoms with Gasteiger partial charge in [-0.15, -0.1) is 0 Å². The smallest absolute Gasteiger partial charge is 0.137 e. The number of aromatic nitrogens is 1. The molecule has 1 aliphatic rings. The molecule has 0 radical (unpaired) electrons. The summed E-state index contributed by atoms with van der Waals surface area (Å²) in [6.45, 7) is 4.29. The summed E-state index contributed by atoms with van der Waals surface area (Å²) < 4.78 is 1.13. The van der Waals surface area contributed by atoms with Crippen LogP contribution in [0.15, 0.2) is 34.9 Å². The predicted molar refractivity (Wildman–Crippen MR) is 79.2 cm³/mol. The number of hydrogen-bond acceptors (Lipinski definition) is 3. The van der Waals surface area contributed by atoms with Gasteiger partial charge in [-0.1, -0.05) is 28.1 Å². The Morgan fingerprint density at radius 1 is 1.11 bits per heavy atom. The second kappa shape index (κ2) is 4.86. The molecule has 0 atom stereocenters. The summed E-state index contributed by atoms with van der Waals surface area (Å²) in [6.07, 6.45) is 1.91. The van der Waals surface area contributed by atoms with Gasteiger partial charge in [-0.05, 0) is 24.6 Å². The quantitative estimate of drug-likeness (QED) is 0.807. The Labute approximate surface area is 116 Å². The van der Waals surface area contributed by atoms with Crippen molar-refractivity contribution in [1.29, 1.82) is 0 Å². The molecule has 3 nitrogen and oxygen atoms in total. The lowest BCUT2D eigenvalue weighted by molar-refractivity contribution is 0.312. The summed E-state index contributed by atoms with van der Waals surface area (Å²) in [4.78, 5) is 9.33. The van der Waals surface area contributed by atoms with Crippen LogP contribution in [0.5, 0.6) is 0 Å². The molecule has 2 aromatic rings. The molecule has 0 spiro atoms. The maximum atomic E-state index is 4.59. The van der Waals surface area contributed by atoms with Crippen molar-refractivity contribution in [3.8, 4) is 0 Å². The number of halogens is 1. The van der Waals surface area contributed by atoms with Crippen LogP contribution in [0.4, 0.5) is 5.82 Å². The number of pyridine rings is 1. The molecule has 0 bridgehead atoms. The minimum Gasteiger partial charge on any atom is -0.354 e. The zero-order valence-electron chi connectivity index (χ0n) is 10.4. The fraction of sp³-hybridized carbons (Fsp3) is 0.357. The van der Waals surface area contributed by atoms with E-state index in [-0.39, 0.29) is 0 Å². The van der Waals surface area contributed by atoms with Crippen molar-refractivity contribution in [3.63, 3.8) is 0 Å². The first kappa shape index (κ1) is 11.9. The second-order valence-electron chi connectivity index (χ2n) is 4.76. The van der Waals surface area contributed by atoms with Crippen LogP contribution in [0.2, 0.25) is 0 Å². The number of likely N-dealkylation sites (N-methyl/N-ethyl adjacent to an activating group) is 1. The highest BCUT2D eigenvalue weighted by molar-refractivity contribution is 9.10. The molecule has 3 rings (SSSR count). The number of hydrogen-bond donors (Lipinski definition) is 0. The zero-order chi connectivity index (χ0) is 12.5. The largest absolute Gasteiger partial charge is 0.354 e. The minimum absolute atomic E-state index is 1.05. The highest BCUT2D eigenvalue weighted by Crippen LogP contribution is 2.31. The van der Waals surface area contributed by atoms with Crippen LogP contribution in [0.3, 0.4) is 0 Å². The summed E-state index contributed by atoms with van der Waals surface area (Å²) in [5, 5.41) is 2.47. The van der Waals surface area contributed by atoms with Crippen LogP contribution < -0.4 is 4.90 Å². The Hall–Kier alpha value is -1.13. The second-order valence-corrected chi connectivity index (χ2v) is 5.62. The number of fused-ring (bicyclic) bond motifs is 1. The van der Waals surface area contributed by atoms with Crippen LogP contribution in [0.25, 0.3) is 10.8 Å². The predicted octanol–water partition coefficient (Wildman–Crippen LogP) is 2.75. The monoisotopic (exact) mass is 305 g/mol. The minimum atomic E-state index is 1.05. The van der Waals surface area contributed by atoms with Gasteiger partial charge in [0.1, 0.15) is 5.82 Å². The first-order valence-corrected chi connectivity index (χ1v) is 7.02. The number of benzene rings is 1. The maximum Gasteiger partial charge on any atom is 0.137 e. The van der Waals surface area contributed by atoms with Gasteiger partial charge in [-0.2, -0.15) is 0 Å². The fourth-order valence-electron chi connectivity index (χ4n) is 2.43. The Kier molecular flexibility index (Phi) is 3.22. The van der Waals surface area contributed by atoms with E-state index in [1.807, 2.05) is 6.20 Å². The third-order valence-electron chi connectivity index (χ3n) is 3.52. The van der Waals surface area contributed by atoms with E-state index in [0.29, 0.717) is 0 Å². The van der Waals surface area contributed by atoms with Gasteiger partial charge < -0.3 is 9.80 Å². The molecule has 0 unspecified atom stereocenters. The van der Waals surface area contributed by atoms with Crippen LogP contribution >= 0.6 is 15.9 Å². The Morgan fingerprint density at radius 2 is 1.89 bits per heavy atom. The average Bonchev–Trinajstić information content (AvgIpc) is 2.39. The lowest BCUT2D eigenvalue weighted by Gasteiger charge is -2.33. The van der Waals surface area contributed by atoms with Crippen LogP contribution in [-0.4, -0.2) is 43.1 Å². The Bertz CT molecular complexity index is 557. The standard InChI is InChI=1S/C14H16BrN3/c1-17-7-9-18(10-8-17)14-13-11(5-6-16-14)3-2-4-12(13)15/h2-6H,7-10H2,1H3. The van der Waals surface area contributed by atoms with Gasteiger partial charge in [-0.3, -0.25) is 0 Å². The van der Waals surface area contributed by atoms with Crippen molar-refractivity contribution in [2.75, 3.05) is 38.1 Å². The van der Waals surface area contributed by atoms with Crippen molar-refractivity contribution in [2.24, 2.45) is 0 Å². The lowest BCUT2D eigenvalue weighted by atomic mass is 10.1. The first-order valence-electron chi connectivity index (χ1n) is 6.22. The van der Waals surface area contributed by atoms with E-state index < -0.39 is 0 Å². The fourth-order valence-corrected chi connectivity index (χ4v) is 2.99. The molecule has 0 saturated carbocycles. The SMILES string of the molecule is CN1CCN(c2nccc3cccc(Br)c23)CC1. The van der Waals surface area contributed by atoms with E-state index in [0.717, 1.165) is 36.5 Å². The normalized spacial score (nSPS) is 17.3. The molecule has 1 fully saturated rings. The molecule has 1 aromatic heterocycles. The van der Waals surface area contributed by atoms with Crippen molar-refractivity contribution in [2.45, 2.75) is 0 Å². The van der Waals surface area contributed by atoms with Gasteiger partial charge in [0.05, 0.1) is 0 Å². The third kappa shape index (κ3) is 2.10. The number of rotatable bonds is 1. The maximum absolute atomic E-state index is 4.59. The van der Waals surface area contributed by atoms with E-state index in [4.69, 9.17) is 0 Å². The number of anilines is 1. The van der Waals surface area contributed by atoms with Gasteiger partial charge in [0.2, 0.25) is 0 Å². The molecule has 0 aliphatic carbocycles. The highest BCUT2D eigenvalue weighted by Gasteiger charge is 2.18. The molecule has 18 heavy (non-hydrogen) atoms. The van der Waals surface area contributed by atoms with Gasteiger partial charge >= 0.3 is 0 Å². The summed E-state index contributed by atoms with van der Waals surface area (Å²) in [5.74, 6) is 1.10. The van der Waals surface area contributed by atoms with Crippen molar-refractivity contribution >= 4 is 32.5 Å². The average molecular weight is 306 g/mol. The van der Waals surface area contributed by atoms with E-state index in [1.54, 1.807) is 0 Å². The molecule has 1 saturated heterocycles. The van der Waals surface area contributed by atoms with Crippen molar-refractivity contribution < 1.29 is 0 Å². The molecule has 2 heterocycles. The van der Waals surface area contributed by atoms with Crippen molar-refractivity contribution in [3.05, 3.63) is 34.9 Å². The number of piperazine rings is 1. The van der Waals surface area contributed by atoms with E-state index in [2.05, 4.69) is 62.0 Å². The molecular formula is C14H16BrN3. The van der Waals surface area contributed by atoms with Gasteiger partial charge in [0, 0.05) is 42.2 Å². The summed E-state index contributed by atoms with van der Waals surface area (Å²) in [7, 11) is 2.17. The van der Waals surface area contributed by atoms with E-state index >= 15 is 0 Å². The van der Waals surface area contributed by atoms with Crippen molar-refractivity contribution in [1.82, 2.24) is 9.88 Å². The molecule has 0 N–H and O–H groups in total. The van der Waals surface area contributed by atoms with Gasteiger partial charge in [0.15, 0.2) is 0 Å². The van der Waals surface area contributed by atoms with Crippen LogP contribution in [0.1, 0.15) is 0 Å². The van der Waals surface area contributed by atoms with Gasteiger partial charge in [-0.25, -0.2) is 4.98 Å². The third-order valence-corrected chi connectivity index (χ3v) is 4.18. The number of nitrogens with zero attached hydrogens (tertiary/aromatic N) is 3. The molecule has 0 amide bonds. The highest BCUT2D eigenvalue weighted by atomic mass is 79.9. The summed E-state index contributed by atoms with van der Waals surface area (Å²) in [6, 6.07) is 8.37. The Balaban J connectivity index is 2.06. The van der Waals surface area contributed by atoms with Gasteiger partial charge in [0.25, 0.3) is 0 Å². The lowest BCUT2D eigenvalue weighted by Crippen LogP contribution is -2.44. The summed E-state index contributed by atoms with van der Waals surface area (Å²) in [5.41, 5.74) is 0. The molecule has 1 aliphatic heterocycles. The van der Waals surface area contributed by atoms with Crippen LogP contribution in [0, 0.1) is 0 Å². The van der Waals surface area contributed by atoms with E-state index in [9.17, 15) is 0 Å². The molecule has 4 heteroatoms. The van der Waals surface area contributed by atoms with E-state index in [1.165, 1.54) is 10.8 Å². The zero-order valence-corrected chi connectivity index (χ0v) is 12.0. The molecule has 94 valence electrons. The Morgan fingerprint density at radius 3 is 2.67 bits per heavy atom. The molecular weight excluding hydrogens is 290 g/mol. The molecule has 1 aromatic carbocycles.